The Morgan fingerprint density at radius 1 is 0.860 bits per heavy atom. The average Bonchev–Trinajstić information content (AvgIpc) is 2.94. The molecule has 1 rings (SSSR count). The van der Waals surface area contributed by atoms with E-state index in [2.05, 4.69) is 29.7 Å². The van der Waals surface area contributed by atoms with Crippen molar-refractivity contribution in [3.8, 4) is 0 Å². The van der Waals surface area contributed by atoms with Crippen molar-refractivity contribution >= 4 is 17.8 Å². The van der Waals surface area contributed by atoms with E-state index in [1.165, 1.54) is 57.8 Å². The van der Waals surface area contributed by atoms with E-state index in [0.717, 1.165) is 25.7 Å². The topological polar surface area (TPSA) is 103 Å². The number of carbonyl (C=O) groups is 3. The molecular weight excluding hydrogens is 544 g/mol. The van der Waals surface area contributed by atoms with Gasteiger partial charge in [-0.05, 0) is 51.9 Å². The van der Waals surface area contributed by atoms with Crippen LogP contribution in [0.15, 0.2) is 12.2 Å². The molecule has 2 unspecified atom stereocenters. The number of nitrogens with one attached hydrogen (secondary N) is 2. The van der Waals surface area contributed by atoms with E-state index in [1.54, 1.807) is 13.8 Å². The van der Waals surface area contributed by atoms with E-state index in [1.807, 2.05) is 27.7 Å². The molecular formula is C35H64N2O6. The summed E-state index contributed by atoms with van der Waals surface area (Å²) in [6, 6.07) is -0.243. The molecule has 1 heterocycles. The van der Waals surface area contributed by atoms with Crippen LogP contribution in [-0.2, 0) is 28.6 Å². The van der Waals surface area contributed by atoms with E-state index in [0.29, 0.717) is 13.0 Å². The number of esters is 1. The number of amides is 2. The quantitative estimate of drug-likeness (QED) is 0.0712. The lowest BCUT2D eigenvalue weighted by Gasteiger charge is -2.44. The van der Waals surface area contributed by atoms with Crippen LogP contribution in [0.5, 0.6) is 0 Å². The fourth-order valence-corrected chi connectivity index (χ4v) is 4.99. The van der Waals surface area contributed by atoms with Gasteiger partial charge in [0.2, 0.25) is 11.8 Å². The predicted octanol–water partition coefficient (Wildman–Crippen LogP) is 7.39. The van der Waals surface area contributed by atoms with Gasteiger partial charge in [0.25, 0.3) is 0 Å². The highest BCUT2D eigenvalue weighted by Crippen LogP contribution is 2.34. The highest BCUT2D eigenvalue weighted by atomic mass is 16.7. The predicted molar refractivity (Wildman–Crippen MR) is 173 cm³/mol. The maximum Gasteiger partial charge on any atom is 0.307 e. The second-order valence-electron chi connectivity index (χ2n) is 13.7. The van der Waals surface area contributed by atoms with Crippen LogP contribution in [0, 0.1) is 11.3 Å². The van der Waals surface area contributed by atoms with Crippen molar-refractivity contribution in [2.75, 3.05) is 19.8 Å². The van der Waals surface area contributed by atoms with Gasteiger partial charge in [0.05, 0.1) is 19.1 Å². The van der Waals surface area contributed by atoms with E-state index >= 15 is 0 Å². The lowest BCUT2D eigenvalue weighted by Crippen LogP contribution is -2.56. The van der Waals surface area contributed by atoms with E-state index < -0.39 is 23.3 Å². The number of hydrogen-bond donors (Lipinski definition) is 2. The molecule has 0 aromatic rings. The van der Waals surface area contributed by atoms with Gasteiger partial charge in [-0.2, -0.15) is 0 Å². The SMILES string of the molecule is CCCCCCCCC=CCCCCCCCC(=O)NC(COC(=O)CCNC(=O)C1OC(C)(C)OCC1(C)C)C(C)C. The number of allylic oxidation sites excluding steroid dienone is 2. The number of hydrogen-bond acceptors (Lipinski definition) is 6. The molecule has 8 nitrogen and oxygen atoms in total. The number of unbranched alkanes of at least 4 members (excludes halogenated alkanes) is 11. The summed E-state index contributed by atoms with van der Waals surface area (Å²) in [5, 5.41) is 5.82. The standard InChI is InChI=1S/C35H64N2O6/c1-8-9-10-11-12-13-14-15-16-17-18-19-20-21-22-23-30(38)37-29(28(2)3)26-41-31(39)24-25-36-33(40)32-34(4,5)27-42-35(6,7)43-32/h15-16,28-29,32H,8-14,17-27H2,1-7H3,(H,36,40)(H,37,38). The molecule has 250 valence electrons. The monoisotopic (exact) mass is 608 g/mol. The van der Waals surface area contributed by atoms with Crippen LogP contribution in [0.25, 0.3) is 0 Å². The zero-order valence-corrected chi connectivity index (χ0v) is 28.6. The van der Waals surface area contributed by atoms with Crippen LogP contribution in [0.1, 0.15) is 145 Å². The van der Waals surface area contributed by atoms with Gasteiger partial charge in [-0.25, -0.2) is 0 Å². The molecule has 2 amide bonds. The van der Waals surface area contributed by atoms with E-state index in [9.17, 15) is 14.4 Å². The van der Waals surface area contributed by atoms with E-state index in [-0.39, 0.29) is 43.3 Å². The molecule has 1 aliphatic rings. The number of ether oxygens (including phenoxy) is 3. The minimum Gasteiger partial charge on any atom is -0.463 e. The highest BCUT2D eigenvalue weighted by molar-refractivity contribution is 5.82. The molecule has 2 N–H and O–H groups in total. The second kappa shape index (κ2) is 21.7. The van der Waals surface area contributed by atoms with Crippen LogP contribution in [-0.4, -0.2) is 55.5 Å². The average molecular weight is 609 g/mol. The molecule has 2 atom stereocenters. The van der Waals surface area contributed by atoms with Gasteiger partial charge in [0.1, 0.15) is 12.7 Å². The first kappa shape index (κ1) is 39.1. The Balaban J connectivity index is 2.15. The molecule has 43 heavy (non-hydrogen) atoms. The summed E-state index contributed by atoms with van der Waals surface area (Å²) in [5.74, 6) is -1.39. The first-order valence-corrected chi connectivity index (χ1v) is 17.1. The normalized spacial score (nSPS) is 18.5. The largest absolute Gasteiger partial charge is 0.463 e. The fourth-order valence-electron chi connectivity index (χ4n) is 4.99. The van der Waals surface area contributed by atoms with Crippen LogP contribution in [0.4, 0.5) is 0 Å². The maximum absolute atomic E-state index is 12.7. The van der Waals surface area contributed by atoms with Gasteiger partial charge < -0.3 is 24.8 Å². The lowest BCUT2D eigenvalue weighted by molar-refractivity contribution is -0.304. The molecule has 8 heteroatoms. The van der Waals surface area contributed by atoms with Crippen molar-refractivity contribution in [2.45, 2.75) is 163 Å². The lowest BCUT2D eigenvalue weighted by atomic mass is 9.85. The molecule has 0 aliphatic carbocycles. The summed E-state index contributed by atoms with van der Waals surface area (Å²) in [7, 11) is 0. The van der Waals surface area contributed by atoms with Crippen molar-refractivity contribution in [1.82, 2.24) is 10.6 Å². The van der Waals surface area contributed by atoms with Crippen LogP contribution in [0.3, 0.4) is 0 Å². The zero-order valence-electron chi connectivity index (χ0n) is 28.6. The summed E-state index contributed by atoms with van der Waals surface area (Å²) in [6.07, 6.45) is 20.5. The molecule has 0 saturated carbocycles. The van der Waals surface area contributed by atoms with Gasteiger partial charge in [-0.3, -0.25) is 14.4 Å². The van der Waals surface area contributed by atoms with Crippen molar-refractivity contribution in [2.24, 2.45) is 11.3 Å². The summed E-state index contributed by atoms with van der Waals surface area (Å²) in [4.78, 5) is 37.5. The fraction of sp³-hybridized carbons (Fsp3) is 0.857. The van der Waals surface area contributed by atoms with Crippen LogP contribution in [0.2, 0.25) is 0 Å². The van der Waals surface area contributed by atoms with Gasteiger partial charge in [0, 0.05) is 18.4 Å². The molecule has 0 aromatic heterocycles. The number of carbonyl (C=O) groups excluding carboxylic acids is 3. The third-order valence-corrected chi connectivity index (χ3v) is 8.01. The smallest absolute Gasteiger partial charge is 0.307 e. The van der Waals surface area contributed by atoms with Crippen LogP contribution < -0.4 is 10.6 Å². The van der Waals surface area contributed by atoms with Crippen molar-refractivity contribution < 1.29 is 28.6 Å². The van der Waals surface area contributed by atoms with Gasteiger partial charge in [-0.15, -0.1) is 0 Å². The Kier molecular flexibility index (Phi) is 19.7. The number of rotatable bonds is 23. The molecule has 0 aromatic carbocycles. The van der Waals surface area contributed by atoms with Gasteiger partial charge >= 0.3 is 5.97 Å². The minimum absolute atomic E-state index is 0.00152. The first-order chi connectivity index (χ1) is 20.4. The summed E-state index contributed by atoms with van der Waals surface area (Å²) in [6.45, 7) is 14.3. The highest BCUT2D eigenvalue weighted by Gasteiger charge is 2.45. The Bertz CT molecular complexity index is 823. The van der Waals surface area contributed by atoms with Crippen molar-refractivity contribution in [3.63, 3.8) is 0 Å². The Morgan fingerprint density at radius 2 is 1.44 bits per heavy atom. The van der Waals surface area contributed by atoms with Gasteiger partial charge in [-0.1, -0.05) is 98.1 Å². The molecule has 0 spiro atoms. The Morgan fingerprint density at radius 3 is 2.05 bits per heavy atom. The minimum atomic E-state index is -0.837. The van der Waals surface area contributed by atoms with E-state index in [4.69, 9.17) is 14.2 Å². The maximum atomic E-state index is 12.7. The molecule has 1 saturated heterocycles. The van der Waals surface area contributed by atoms with Crippen LogP contribution >= 0.6 is 0 Å². The first-order valence-electron chi connectivity index (χ1n) is 17.1. The summed E-state index contributed by atoms with van der Waals surface area (Å²) in [5.41, 5.74) is -0.479. The third-order valence-electron chi connectivity index (χ3n) is 8.01. The molecule has 0 bridgehead atoms. The summed E-state index contributed by atoms with van der Waals surface area (Å²) < 4.78 is 16.9. The Labute approximate surface area is 262 Å². The molecule has 0 radical (unpaired) electrons. The second-order valence-corrected chi connectivity index (χ2v) is 13.7. The Hall–Kier alpha value is -1.93. The summed E-state index contributed by atoms with van der Waals surface area (Å²) >= 11 is 0. The molecule has 1 fully saturated rings. The zero-order chi connectivity index (χ0) is 32.1. The van der Waals surface area contributed by atoms with Crippen molar-refractivity contribution in [3.05, 3.63) is 12.2 Å². The third kappa shape index (κ3) is 18.5. The van der Waals surface area contributed by atoms with Crippen molar-refractivity contribution in [1.29, 1.82) is 0 Å². The van der Waals surface area contributed by atoms with Gasteiger partial charge in [0.15, 0.2) is 5.79 Å². The molecule has 1 aliphatic heterocycles.